The van der Waals surface area contributed by atoms with Gasteiger partial charge in [-0.25, -0.2) is 9.38 Å². The summed E-state index contributed by atoms with van der Waals surface area (Å²) in [4.78, 5) is 46.3. The monoisotopic (exact) mass is 636 g/mol. The van der Waals surface area contributed by atoms with Crippen LogP contribution in [0.3, 0.4) is 0 Å². The lowest BCUT2D eigenvalue weighted by molar-refractivity contribution is -0.138. The SMILES string of the molecule is Cc1cc(N2CCCC[C@@H]2C)cc(C(/C=N/C(=O)C(CC(C)C)n2cc(CCN(C)C)c(C(F)(F)F)cc2=O)CC(=O)O)c1F. The van der Waals surface area contributed by atoms with Gasteiger partial charge in [-0.2, -0.15) is 13.2 Å². The average molecular weight is 637 g/mol. The van der Waals surface area contributed by atoms with E-state index >= 15 is 4.39 Å². The fourth-order valence-corrected chi connectivity index (χ4v) is 5.80. The number of piperidine rings is 1. The van der Waals surface area contributed by atoms with E-state index in [0.29, 0.717) is 11.6 Å². The van der Waals surface area contributed by atoms with Crippen LogP contribution in [-0.4, -0.2) is 65.9 Å². The highest BCUT2D eigenvalue weighted by Gasteiger charge is 2.35. The first-order valence-electron chi connectivity index (χ1n) is 15.3. The molecule has 1 aliphatic heterocycles. The number of pyridine rings is 1. The van der Waals surface area contributed by atoms with Gasteiger partial charge in [0.2, 0.25) is 0 Å². The zero-order valence-electron chi connectivity index (χ0n) is 26.8. The molecule has 0 saturated carbocycles. The highest BCUT2D eigenvalue weighted by Crippen LogP contribution is 2.34. The molecule has 1 N–H and O–H groups in total. The Bertz CT molecular complexity index is 1450. The van der Waals surface area contributed by atoms with Crippen LogP contribution in [0.5, 0.6) is 0 Å². The van der Waals surface area contributed by atoms with E-state index in [1.165, 1.54) is 0 Å². The molecular formula is C33H44F4N4O4. The van der Waals surface area contributed by atoms with Crippen molar-refractivity contribution in [2.24, 2.45) is 10.9 Å². The van der Waals surface area contributed by atoms with Crippen LogP contribution in [0.4, 0.5) is 23.2 Å². The molecule has 8 nitrogen and oxygen atoms in total. The van der Waals surface area contributed by atoms with Crippen molar-refractivity contribution in [1.82, 2.24) is 9.47 Å². The molecule has 1 amide bonds. The minimum Gasteiger partial charge on any atom is -0.481 e. The van der Waals surface area contributed by atoms with Crippen LogP contribution in [0.2, 0.25) is 0 Å². The molecule has 3 atom stereocenters. The number of aromatic nitrogens is 1. The number of hydrogen-bond acceptors (Lipinski definition) is 5. The Hall–Kier alpha value is -3.54. The van der Waals surface area contributed by atoms with Crippen molar-refractivity contribution in [2.45, 2.75) is 90.4 Å². The third kappa shape index (κ3) is 9.48. The lowest BCUT2D eigenvalue weighted by atomic mass is 9.92. The van der Waals surface area contributed by atoms with Gasteiger partial charge in [0.25, 0.3) is 11.5 Å². The van der Waals surface area contributed by atoms with Gasteiger partial charge in [-0.1, -0.05) is 13.8 Å². The third-order valence-electron chi connectivity index (χ3n) is 8.19. The molecule has 1 aromatic heterocycles. The third-order valence-corrected chi connectivity index (χ3v) is 8.19. The molecule has 3 rings (SSSR count). The number of alkyl halides is 3. The second-order valence-electron chi connectivity index (χ2n) is 12.7. The van der Waals surface area contributed by atoms with Gasteiger partial charge in [-0.05, 0) is 94.8 Å². The topological polar surface area (TPSA) is 95.2 Å². The number of benzene rings is 1. The van der Waals surface area contributed by atoms with Gasteiger partial charge < -0.3 is 19.5 Å². The van der Waals surface area contributed by atoms with Crippen molar-refractivity contribution in [3.63, 3.8) is 0 Å². The summed E-state index contributed by atoms with van der Waals surface area (Å²) in [6.07, 6.45) is -0.0354. The molecule has 2 unspecified atom stereocenters. The van der Waals surface area contributed by atoms with E-state index in [2.05, 4.69) is 16.8 Å². The molecule has 0 aliphatic carbocycles. The number of aliphatic carboxylic acids is 1. The number of anilines is 1. The summed E-state index contributed by atoms with van der Waals surface area (Å²) < 4.78 is 58.0. The first kappa shape index (κ1) is 35.9. The predicted octanol–water partition coefficient (Wildman–Crippen LogP) is 6.24. The van der Waals surface area contributed by atoms with E-state index in [0.717, 1.165) is 48.5 Å². The van der Waals surface area contributed by atoms with Gasteiger partial charge in [0, 0.05) is 49.2 Å². The number of carboxylic acid groups (broad SMARTS) is 1. The van der Waals surface area contributed by atoms with Crippen LogP contribution >= 0.6 is 0 Å². The first-order chi connectivity index (χ1) is 21.0. The van der Waals surface area contributed by atoms with Gasteiger partial charge in [-0.3, -0.25) is 14.4 Å². The standard InChI is InChI=1S/C33H44F4N4O4/c1-20(2)13-28(41-19-23(10-12-39(5)6)27(17-29(41)42)33(35,36)37)32(45)38-18-24(15-30(43)44)26-16-25(14-21(3)31(26)34)40-11-8-7-9-22(40)4/h14,16-20,22,24,28H,7-13,15H2,1-6H3,(H,43,44)/b38-18+/t22-,24?,28?/m0/s1. The second kappa shape index (κ2) is 15.2. The summed E-state index contributed by atoms with van der Waals surface area (Å²) in [7, 11) is 3.42. The lowest BCUT2D eigenvalue weighted by Gasteiger charge is -2.36. The largest absolute Gasteiger partial charge is 0.481 e. The van der Waals surface area contributed by atoms with E-state index in [9.17, 15) is 32.7 Å². The Morgan fingerprint density at radius 3 is 2.44 bits per heavy atom. The Labute approximate surface area is 261 Å². The minimum absolute atomic E-state index is 0.0146. The van der Waals surface area contributed by atoms with Gasteiger partial charge in [0.1, 0.15) is 11.9 Å². The van der Waals surface area contributed by atoms with Gasteiger partial charge >= 0.3 is 12.1 Å². The zero-order chi connectivity index (χ0) is 33.6. The van der Waals surface area contributed by atoms with Gasteiger partial charge in [0.15, 0.2) is 0 Å². The number of aliphatic imine (C=N–C) groups is 1. The average Bonchev–Trinajstić information content (AvgIpc) is 2.94. The molecule has 1 fully saturated rings. The molecule has 2 heterocycles. The number of likely N-dealkylation sites (N-methyl/N-ethyl adjacent to an activating group) is 1. The van der Waals surface area contributed by atoms with E-state index < -0.39 is 53.4 Å². The maximum atomic E-state index is 15.5. The molecule has 1 saturated heterocycles. The van der Waals surface area contributed by atoms with Crippen LogP contribution in [0, 0.1) is 18.7 Å². The van der Waals surface area contributed by atoms with Gasteiger partial charge in [0.05, 0.1) is 12.0 Å². The van der Waals surface area contributed by atoms with E-state index in [-0.39, 0.29) is 42.5 Å². The fourth-order valence-electron chi connectivity index (χ4n) is 5.80. The van der Waals surface area contributed by atoms with Crippen molar-refractivity contribution in [1.29, 1.82) is 0 Å². The summed E-state index contributed by atoms with van der Waals surface area (Å²) in [5, 5.41) is 9.66. The maximum Gasteiger partial charge on any atom is 0.416 e. The highest BCUT2D eigenvalue weighted by molar-refractivity contribution is 5.91. The van der Waals surface area contributed by atoms with Crippen LogP contribution in [0.25, 0.3) is 0 Å². The number of halogens is 4. The fraction of sp³-hybridized carbons (Fsp3) is 0.576. The Morgan fingerprint density at radius 1 is 1.18 bits per heavy atom. The van der Waals surface area contributed by atoms with E-state index in [1.807, 2.05) is 0 Å². The maximum absolute atomic E-state index is 15.5. The number of amides is 1. The number of carbonyl (C=O) groups is 2. The number of aryl methyl sites for hydroxylation is 1. The summed E-state index contributed by atoms with van der Waals surface area (Å²) in [5.41, 5.74) is -1.02. The van der Waals surface area contributed by atoms with E-state index in [4.69, 9.17) is 0 Å². The molecule has 45 heavy (non-hydrogen) atoms. The number of nitrogens with zero attached hydrogens (tertiary/aromatic N) is 4. The molecule has 248 valence electrons. The predicted molar refractivity (Wildman–Crippen MR) is 167 cm³/mol. The number of rotatable bonds is 12. The van der Waals surface area contributed by atoms with Crippen LogP contribution in [0.1, 0.15) is 87.1 Å². The quantitative estimate of drug-likeness (QED) is 0.219. The van der Waals surface area contributed by atoms with Crippen LogP contribution in [-0.2, 0) is 22.2 Å². The number of hydrogen-bond donors (Lipinski definition) is 1. The van der Waals surface area contributed by atoms with Gasteiger partial charge in [-0.15, -0.1) is 0 Å². The minimum atomic E-state index is -4.76. The molecule has 0 bridgehead atoms. The Kier molecular flexibility index (Phi) is 12.1. The molecule has 1 aromatic carbocycles. The van der Waals surface area contributed by atoms with Crippen molar-refractivity contribution >= 4 is 23.8 Å². The highest BCUT2D eigenvalue weighted by atomic mass is 19.4. The summed E-state index contributed by atoms with van der Waals surface area (Å²) in [6.45, 7) is 8.32. The molecule has 12 heteroatoms. The second-order valence-corrected chi connectivity index (χ2v) is 12.7. The van der Waals surface area contributed by atoms with Crippen molar-refractivity contribution in [2.75, 3.05) is 32.1 Å². The van der Waals surface area contributed by atoms with Crippen LogP contribution in [0.15, 0.2) is 34.2 Å². The summed E-state index contributed by atoms with van der Waals surface area (Å²) >= 11 is 0. The van der Waals surface area contributed by atoms with E-state index in [1.54, 1.807) is 51.9 Å². The van der Waals surface area contributed by atoms with Crippen molar-refractivity contribution in [3.8, 4) is 0 Å². The molecular weight excluding hydrogens is 592 g/mol. The van der Waals surface area contributed by atoms with Crippen molar-refractivity contribution in [3.05, 3.63) is 62.8 Å². The Balaban J connectivity index is 2.06. The number of carbonyl (C=O) groups excluding carboxylic acids is 1. The van der Waals surface area contributed by atoms with Crippen LogP contribution < -0.4 is 10.5 Å². The normalized spacial score (nSPS) is 17.3. The molecule has 0 radical (unpaired) electrons. The first-order valence-corrected chi connectivity index (χ1v) is 15.3. The summed E-state index contributed by atoms with van der Waals surface area (Å²) in [6, 6.07) is 2.81. The molecule has 0 spiro atoms. The number of carboxylic acids is 1. The molecule has 2 aromatic rings. The zero-order valence-corrected chi connectivity index (χ0v) is 26.8. The lowest BCUT2D eigenvalue weighted by Crippen LogP contribution is -2.37. The Morgan fingerprint density at radius 2 is 1.87 bits per heavy atom. The van der Waals surface area contributed by atoms with Crippen molar-refractivity contribution < 1.29 is 32.3 Å². The summed E-state index contributed by atoms with van der Waals surface area (Å²) in [5.74, 6) is -3.92. The molecule has 1 aliphatic rings. The smallest absolute Gasteiger partial charge is 0.416 e.